The van der Waals surface area contributed by atoms with E-state index < -0.39 is 0 Å². The lowest BCUT2D eigenvalue weighted by atomic mass is 9.91. The smallest absolute Gasteiger partial charge is 0.0453 e. The van der Waals surface area contributed by atoms with Crippen LogP contribution in [0.2, 0.25) is 5.02 Å². The molecule has 1 aliphatic heterocycles. The quantitative estimate of drug-likeness (QED) is 0.904. The highest BCUT2D eigenvalue weighted by Crippen LogP contribution is 2.25. The Kier molecular flexibility index (Phi) is 5.26. The van der Waals surface area contributed by atoms with Crippen LogP contribution in [0.1, 0.15) is 38.3 Å². The molecule has 0 bridgehead atoms. The first kappa shape index (κ1) is 14.8. The van der Waals surface area contributed by atoms with Gasteiger partial charge in [-0.15, -0.1) is 0 Å². The first-order valence-corrected chi connectivity index (χ1v) is 7.64. The maximum atomic E-state index is 6.26. The van der Waals surface area contributed by atoms with Gasteiger partial charge in [-0.1, -0.05) is 29.8 Å². The fraction of sp³-hybridized carbons (Fsp3) is 0.625. The minimum absolute atomic E-state index is 0.302. The second-order valence-electron chi connectivity index (χ2n) is 5.86. The summed E-state index contributed by atoms with van der Waals surface area (Å²) in [4.78, 5) is 2.44. The molecule has 106 valence electrons. The SMILES string of the molecule is CC(N[C@H](C)c1ccccc1Cl)C1CCCN(C)C1. The lowest BCUT2D eigenvalue weighted by molar-refractivity contribution is 0.174. The zero-order valence-electron chi connectivity index (χ0n) is 12.2. The highest BCUT2D eigenvalue weighted by atomic mass is 35.5. The molecule has 2 rings (SSSR count). The molecule has 1 heterocycles. The first-order valence-electron chi connectivity index (χ1n) is 7.27. The minimum Gasteiger partial charge on any atom is -0.307 e. The summed E-state index contributed by atoms with van der Waals surface area (Å²) in [5.74, 6) is 0.740. The summed E-state index contributed by atoms with van der Waals surface area (Å²) in [7, 11) is 2.22. The molecule has 1 N–H and O–H groups in total. The Bertz CT molecular complexity index is 407. The number of piperidine rings is 1. The van der Waals surface area contributed by atoms with Crippen molar-refractivity contribution in [2.24, 2.45) is 5.92 Å². The topological polar surface area (TPSA) is 15.3 Å². The molecule has 1 aliphatic rings. The summed E-state index contributed by atoms with van der Waals surface area (Å²) in [6, 6.07) is 8.94. The van der Waals surface area contributed by atoms with Gasteiger partial charge in [-0.3, -0.25) is 0 Å². The highest BCUT2D eigenvalue weighted by Gasteiger charge is 2.24. The lowest BCUT2D eigenvalue weighted by Crippen LogP contribution is -2.43. The second kappa shape index (κ2) is 6.74. The maximum absolute atomic E-state index is 6.26. The molecule has 0 aromatic heterocycles. The van der Waals surface area contributed by atoms with Crippen LogP contribution in [0, 0.1) is 5.92 Å². The van der Waals surface area contributed by atoms with Crippen LogP contribution >= 0.6 is 11.6 Å². The van der Waals surface area contributed by atoms with E-state index in [-0.39, 0.29) is 0 Å². The zero-order valence-corrected chi connectivity index (χ0v) is 13.0. The van der Waals surface area contributed by atoms with Crippen LogP contribution in [0.4, 0.5) is 0 Å². The highest BCUT2D eigenvalue weighted by molar-refractivity contribution is 6.31. The summed E-state index contributed by atoms with van der Waals surface area (Å²) in [5.41, 5.74) is 1.19. The molecule has 1 fully saturated rings. The molecular weight excluding hydrogens is 256 g/mol. The van der Waals surface area contributed by atoms with E-state index in [4.69, 9.17) is 11.6 Å². The molecule has 0 spiro atoms. The van der Waals surface area contributed by atoms with E-state index in [1.165, 1.54) is 31.5 Å². The normalized spacial score (nSPS) is 24.1. The first-order chi connectivity index (χ1) is 9.08. The Labute approximate surface area is 122 Å². The largest absolute Gasteiger partial charge is 0.307 e. The van der Waals surface area contributed by atoms with Gasteiger partial charge in [0.25, 0.3) is 0 Å². The van der Waals surface area contributed by atoms with Crippen molar-refractivity contribution in [1.82, 2.24) is 10.2 Å². The Morgan fingerprint density at radius 2 is 2.05 bits per heavy atom. The summed E-state index contributed by atoms with van der Waals surface area (Å²) < 4.78 is 0. The lowest BCUT2D eigenvalue weighted by Gasteiger charge is -2.35. The van der Waals surface area contributed by atoms with Crippen LogP contribution in [0.3, 0.4) is 0 Å². The van der Waals surface area contributed by atoms with E-state index in [2.05, 4.69) is 43.2 Å². The van der Waals surface area contributed by atoms with Crippen molar-refractivity contribution in [3.63, 3.8) is 0 Å². The monoisotopic (exact) mass is 280 g/mol. The zero-order chi connectivity index (χ0) is 13.8. The molecule has 1 saturated heterocycles. The van der Waals surface area contributed by atoms with Gasteiger partial charge in [-0.2, -0.15) is 0 Å². The predicted octanol–water partition coefficient (Wildman–Crippen LogP) is 3.72. The average Bonchev–Trinajstić information content (AvgIpc) is 2.39. The van der Waals surface area contributed by atoms with Crippen molar-refractivity contribution in [3.8, 4) is 0 Å². The fourth-order valence-electron chi connectivity index (χ4n) is 3.06. The van der Waals surface area contributed by atoms with Crippen LogP contribution in [-0.4, -0.2) is 31.1 Å². The van der Waals surface area contributed by atoms with Crippen LogP contribution in [0.15, 0.2) is 24.3 Å². The second-order valence-corrected chi connectivity index (χ2v) is 6.27. The van der Waals surface area contributed by atoms with Crippen LogP contribution < -0.4 is 5.32 Å². The van der Waals surface area contributed by atoms with E-state index in [0.29, 0.717) is 12.1 Å². The van der Waals surface area contributed by atoms with Crippen molar-refractivity contribution in [1.29, 1.82) is 0 Å². The van der Waals surface area contributed by atoms with E-state index in [1.807, 2.05) is 12.1 Å². The number of rotatable bonds is 4. The van der Waals surface area contributed by atoms with Gasteiger partial charge in [0.2, 0.25) is 0 Å². The number of hydrogen-bond acceptors (Lipinski definition) is 2. The molecule has 0 amide bonds. The molecule has 0 saturated carbocycles. The van der Waals surface area contributed by atoms with E-state index in [9.17, 15) is 0 Å². The molecule has 19 heavy (non-hydrogen) atoms. The number of halogens is 1. The Morgan fingerprint density at radius 3 is 2.74 bits per heavy atom. The van der Waals surface area contributed by atoms with Crippen LogP contribution in [0.25, 0.3) is 0 Å². The van der Waals surface area contributed by atoms with Crippen molar-refractivity contribution < 1.29 is 0 Å². The fourth-order valence-corrected chi connectivity index (χ4v) is 3.36. The molecule has 2 nitrogen and oxygen atoms in total. The third-order valence-corrected chi connectivity index (χ3v) is 4.60. The van der Waals surface area contributed by atoms with E-state index in [1.54, 1.807) is 0 Å². The standard InChI is InChI=1S/C16H25ClN2/c1-12(14-7-6-10-19(3)11-14)18-13(2)15-8-4-5-9-16(15)17/h4-5,8-9,12-14,18H,6-7,10-11H2,1-3H3/t12?,13-,14?/m1/s1. The van der Waals surface area contributed by atoms with E-state index in [0.717, 1.165) is 10.9 Å². The van der Waals surface area contributed by atoms with E-state index >= 15 is 0 Å². The van der Waals surface area contributed by atoms with Gasteiger partial charge in [0.15, 0.2) is 0 Å². The molecule has 1 aromatic rings. The summed E-state index contributed by atoms with van der Waals surface area (Å²) in [6.45, 7) is 6.94. The maximum Gasteiger partial charge on any atom is 0.0453 e. The number of nitrogens with one attached hydrogen (secondary N) is 1. The molecule has 1 aromatic carbocycles. The van der Waals surface area contributed by atoms with Crippen molar-refractivity contribution in [2.75, 3.05) is 20.1 Å². The Morgan fingerprint density at radius 1 is 1.32 bits per heavy atom. The van der Waals surface area contributed by atoms with Gasteiger partial charge in [-0.05, 0) is 57.8 Å². The third kappa shape index (κ3) is 3.95. The van der Waals surface area contributed by atoms with Crippen LogP contribution in [-0.2, 0) is 0 Å². The van der Waals surface area contributed by atoms with Crippen molar-refractivity contribution in [2.45, 2.75) is 38.8 Å². The minimum atomic E-state index is 0.302. The molecular formula is C16H25ClN2. The van der Waals surface area contributed by atoms with Gasteiger partial charge < -0.3 is 10.2 Å². The molecule has 0 radical (unpaired) electrons. The Balaban J connectivity index is 1.95. The van der Waals surface area contributed by atoms with Gasteiger partial charge >= 0.3 is 0 Å². The summed E-state index contributed by atoms with van der Waals surface area (Å²) >= 11 is 6.26. The van der Waals surface area contributed by atoms with Gasteiger partial charge in [0, 0.05) is 23.7 Å². The predicted molar refractivity (Wildman–Crippen MR) is 82.7 cm³/mol. The summed E-state index contributed by atoms with van der Waals surface area (Å²) in [5, 5.41) is 4.57. The molecule has 3 heteroatoms. The van der Waals surface area contributed by atoms with Crippen molar-refractivity contribution >= 4 is 11.6 Å². The third-order valence-electron chi connectivity index (χ3n) is 4.25. The molecule has 3 atom stereocenters. The van der Waals surface area contributed by atoms with Crippen molar-refractivity contribution in [3.05, 3.63) is 34.9 Å². The molecule has 0 aliphatic carbocycles. The van der Waals surface area contributed by atoms with Gasteiger partial charge in [0.05, 0.1) is 0 Å². The number of hydrogen-bond donors (Lipinski definition) is 1. The Hall–Kier alpha value is -0.570. The summed E-state index contributed by atoms with van der Waals surface area (Å²) in [6.07, 6.45) is 2.64. The average molecular weight is 281 g/mol. The number of likely N-dealkylation sites (tertiary alicyclic amines) is 1. The van der Waals surface area contributed by atoms with Crippen LogP contribution in [0.5, 0.6) is 0 Å². The number of benzene rings is 1. The molecule has 2 unspecified atom stereocenters. The van der Waals surface area contributed by atoms with Gasteiger partial charge in [-0.25, -0.2) is 0 Å². The number of nitrogens with zero attached hydrogens (tertiary/aromatic N) is 1. The van der Waals surface area contributed by atoms with Gasteiger partial charge in [0.1, 0.15) is 0 Å².